The minimum atomic E-state index is -0.604. The summed E-state index contributed by atoms with van der Waals surface area (Å²) >= 11 is 0. The lowest BCUT2D eigenvalue weighted by Crippen LogP contribution is -2.53. The molecule has 150 valence electrons. The van der Waals surface area contributed by atoms with Crippen LogP contribution in [0.15, 0.2) is 28.9 Å². The number of anilines is 1. The largest absolute Gasteiger partial charge is 0.449 e. The molecule has 1 aliphatic heterocycles. The first-order valence-corrected chi connectivity index (χ1v) is 9.21. The lowest BCUT2D eigenvalue weighted by atomic mass is 10.0. The molecule has 0 spiro atoms. The van der Waals surface area contributed by atoms with Crippen molar-refractivity contribution in [3.63, 3.8) is 0 Å². The Labute approximate surface area is 162 Å². The second kappa shape index (κ2) is 8.60. The monoisotopic (exact) mass is 391 g/mol. The number of oxazole rings is 1. The number of Topliss-reactive ketones (excluding diaryl/α,β-unsaturated/α-hetero) is 1. The predicted molar refractivity (Wildman–Crippen MR) is 99.3 cm³/mol. The van der Waals surface area contributed by atoms with Crippen molar-refractivity contribution in [2.75, 3.05) is 31.1 Å². The molecule has 1 fully saturated rings. The Morgan fingerprint density at radius 1 is 1.32 bits per heavy atom. The van der Waals surface area contributed by atoms with Crippen molar-refractivity contribution in [2.45, 2.75) is 26.3 Å². The zero-order valence-electron chi connectivity index (χ0n) is 15.9. The van der Waals surface area contributed by atoms with Gasteiger partial charge in [-0.15, -0.1) is 0 Å². The standard InChI is InChI=1S/C20H23F2N3O3/c1-13-9-24(3-4-25(13)18-7-16(21)6-17(22)8-18)10-15(11-26)5-20(27)19-12-28-14(2)23-19/h6-8,11-13,15H,3-5,9-10H2,1-2H3/t13-,15?/m0/s1. The van der Waals surface area contributed by atoms with Gasteiger partial charge >= 0.3 is 0 Å². The molecule has 0 saturated carbocycles. The molecule has 1 unspecified atom stereocenters. The molecule has 0 N–H and O–H groups in total. The van der Waals surface area contributed by atoms with Gasteiger partial charge in [-0.1, -0.05) is 0 Å². The molecule has 2 atom stereocenters. The van der Waals surface area contributed by atoms with E-state index in [4.69, 9.17) is 4.42 Å². The van der Waals surface area contributed by atoms with Gasteiger partial charge < -0.3 is 14.1 Å². The highest BCUT2D eigenvalue weighted by Gasteiger charge is 2.27. The van der Waals surface area contributed by atoms with Crippen molar-refractivity contribution in [1.29, 1.82) is 0 Å². The minimum absolute atomic E-state index is 0.0103. The number of aryl methyl sites for hydroxylation is 1. The van der Waals surface area contributed by atoms with Crippen molar-refractivity contribution >= 4 is 17.8 Å². The molecule has 1 aromatic carbocycles. The van der Waals surface area contributed by atoms with Gasteiger partial charge in [-0.05, 0) is 19.1 Å². The van der Waals surface area contributed by atoms with E-state index in [-0.39, 0.29) is 23.9 Å². The number of nitrogens with zero attached hydrogens (tertiary/aromatic N) is 3. The molecule has 0 radical (unpaired) electrons. The van der Waals surface area contributed by atoms with Crippen LogP contribution in [0, 0.1) is 24.5 Å². The molecule has 1 aliphatic rings. The lowest BCUT2D eigenvalue weighted by molar-refractivity contribution is -0.111. The molecular weight excluding hydrogens is 368 g/mol. The number of aldehydes is 1. The summed E-state index contributed by atoms with van der Waals surface area (Å²) in [7, 11) is 0. The van der Waals surface area contributed by atoms with Gasteiger partial charge in [-0.3, -0.25) is 9.69 Å². The highest BCUT2D eigenvalue weighted by Crippen LogP contribution is 2.23. The van der Waals surface area contributed by atoms with Gasteiger partial charge in [0, 0.05) is 63.2 Å². The van der Waals surface area contributed by atoms with E-state index in [1.807, 2.05) is 11.8 Å². The van der Waals surface area contributed by atoms with Gasteiger partial charge in [-0.25, -0.2) is 13.8 Å². The van der Waals surface area contributed by atoms with Crippen LogP contribution in [0.5, 0.6) is 0 Å². The van der Waals surface area contributed by atoms with Crippen LogP contribution in [0.1, 0.15) is 29.7 Å². The van der Waals surface area contributed by atoms with Gasteiger partial charge in [0.15, 0.2) is 11.7 Å². The molecule has 1 aromatic heterocycles. The Hall–Kier alpha value is -2.61. The molecule has 28 heavy (non-hydrogen) atoms. The maximum absolute atomic E-state index is 13.5. The molecule has 0 amide bonds. The Bertz CT molecular complexity index is 835. The van der Waals surface area contributed by atoms with Crippen LogP contribution < -0.4 is 4.90 Å². The van der Waals surface area contributed by atoms with Gasteiger partial charge in [0.25, 0.3) is 0 Å². The SMILES string of the molecule is Cc1nc(C(=O)CC(C=O)CN2CCN(c3cc(F)cc(F)c3)[C@@H](C)C2)co1. The molecule has 0 aliphatic carbocycles. The van der Waals surface area contributed by atoms with E-state index in [1.54, 1.807) is 6.92 Å². The van der Waals surface area contributed by atoms with Crippen LogP contribution in [0.4, 0.5) is 14.5 Å². The molecule has 3 rings (SSSR count). The summed E-state index contributed by atoms with van der Waals surface area (Å²) in [6.07, 6.45) is 2.17. The Morgan fingerprint density at radius 2 is 2.04 bits per heavy atom. The number of ketones is 1. The van der Waals surface area contributed by atoms with E-state index in [0.717, 1.165) is 12.4 Å². The summed E-state index contributed by atoms with van der Waals surface area (Å²) in [6.45, 7) is 5.89. The molecular formula is C20H23F2N3O3. The van der Waals surface area contributed by atoms with E-state index in [2.05, 4.69) is 9.88 Å². The highest BCUT2D eigenvalue weighted by atomic mass is 19.1. The Kier molecular flexibility index (Phi) is 6.18. The number of hydrogen-bond donors (Lipinski definition) is 0. The first kappa shape index (κ1) is 20.1. The van der Waals surface area contributed by atoms with Gasteiger partial charge in [0.05, 0.1) is 0 Å². The van der Waals surface area contributed by atoms with Gasteiger partial charge in [-0.2, -0.15) is 0 Å². The quantitative estimate of drug-likeness (QED) is 0.534. The Morgan fingerprint density at radius 3 is 2.61 bits per heavy atom. The average Bonchev–Trinajstić information content (AvgIpc) is 3.07. The molecule has 1 saturated heterocycles. The summed E-state index contributed by atoms with van der Waals surface area (Å²) in [4.78, 5) is 31.8. The first-order valence-electron chi connectivity index (χ1n) is 9.21. The summed E-state index contributed by atoms with van der Waals surface area (Å²) < 4.78 is 32.1. The Balaban J connectivity index is 1.58. The fourth-order valence-electron chi connectivity index (χ4n) is 3.61. The van der Waals surface area contributed by atoms with E-state index in [9.17, 15) is 18.4 Å². The number of carbonyl (C=O) groups excluding carboxylic acids is 2. The number of benzene rings is 1. The van der Waals surface area contributed by atoms with E-state index in [1.165, 1.54) is 18.4 Å². The third-order valence-electron chi connectivity index (χ3n) is 4.93. The van der Waals surface area contributed by atoms with Crippen LogP contribution in [-0.4, -0.2) is 54.2 Å². The van der Waals surface area contributed by atoms with Crippen LogP contribution in [0.25, 0.3) is 0 Å². The van der Waals surface area contributed by atoms with E-state index in [0.29, 0.717) is 37.8 Å². The van der Waals surface area contributed by atoms with Crippen LogP contribution in [0.3, 0.4) is 0 Å². The molecule has 0 bridgehead atoms. The topological polar surface area (TPSA) is 66.7 Å². The van der Waals surface area contributed by atoms with E-state index >= 15 is 0 Å². The zero-order valence-corrected chi connectivity index (χ0v) is 15.9. The summed E-state index contributed by atoms with van der Waals surface area (Å²) in [5.74, 6) is -1.48. The number of halogens is 2. The maximum Gasteiger partial charge on any atom is 0.191 e. The first-order chi connectivity index (χ1) is 13.4. The molecule has 8 heteroatoms. The third kappa shape index (κ3) is 4.81. The minimum Gasteiger partial charge on any atom is -0.449 e. The van der Waals surface area contributed by atoms with E-state index < -0.39 is 17.6 Å². The molecule has 6 nitrogen and oxygen atoms in total. The van der Waals surface area contributed by atoms with Crippen molar-refractivity contribution < 1.29 is 22.8 Å². The summed E-state index contributed by atoms with van der Waals surface area (Å²) in [5.41, 5.74) is 0.740. The van der Waals surface area contributed by atoms with Crippen molar-refractivity contribution in [2.24, 2.45) is 5.92 Å². The fourth-order valence-corrected chi connectivity index (χ4v) is 3.61. The zero-order chi connectivity index (χ0) is 20.3. The van der Waals surface area contributed by atoms with Crippen LogP contribution in [0.2, 0.25) is 0 Å². The normalized spacial score (nSPS) is 18.9. The van der Waals surface area contributed by atoms with Gasteiger partial charge in [0.2, 0.25) is 0 Å². The molecule has 2 aromatic rings. The number of rotatable bonds is 7. The van der Waals surface area contributed by atoms with Crippen LogP contribution >= 0.6 is 0 Å². The summed E-state index contributed by atoms with van der Waals surface area (Å²) in [5, 5.41) is 0. The maximum atomic E-state index is 13.5. The van der Waals surface area contributed by atoms with Crippen molar-refractivity contribution in [3.05, 3.63) is 47.7 Å². The fraction of sp³-hybridized carbons (Fsp3) is 0.450. The smallest absolute Gasteiger partial charge is 0.191 e. The van der Waals surface area contributed by atoms with Crippen molar-refractivity contribution in [1.82, 2.24) is 9.88 Å². The summed E-state index contributed by atoms with van der Waals surface area (Å²) in [6, 6.07) is 3.51. The molecule has 2 heterocycles. The second-order valence-corrected chi connectivity index (χ2v) is 7.20. The second-order valence-electron chi connectivity index (χ2n) is 7.20. The van der Waals surface area contributed by atoms with Gasteiger partial charge in [0.1, 0.15) is 29.9 Å². The number of hydrogen-bond acceptors (Lipinski definition) is 6. The number of piperazine rings is 1. The predicted octanol–water partition coefficient (Wildman–Crippen LogP) is 2.86. The third-order valence-corrected chi connectivity index (χ3v) is 4.93. The van der Waals surface area contributed by atoms with Crippen molar-refractivity contribution in [3.8, 4) is 0 Å². The lowest BCUT2D eigenvalue weighted by Gasteiger charge is -2.42. The highest BCUT2D eigenvalue weighted by molar-refractivity contribution is 5.95. The number of carbonyl (C=O) groups is 2. The number of aromatic nitrogens is 1. The van der Waals surface area contributed by atoms with Crippen LogP contribution in [-0.2, 0) is 4.79 Å². The average molecular weight is 391 g/mol.